The monoisotopic (exact) mass is 290 g/mol. The van der Waals surface area contributed by atoms with Gasteiger partial charge in [-0.2, -0.15) is 5.32 Å². The molecule has 3 unspecified atom stereocenters. The molecule has 1 aliphatic carbocycles. The summed E-state index contributed by atoms with van der Waals surface area (Å²) in [6.07, 6.45) is 4.14. The van der Waals surface area contributed by atoms with Crippen LogP contribution < -0.4 is 5.32 Å². The second-order valence-electron chi connectivity index (χ2n) is 5.96. The first kappa shape index (κ1) is 15.6. The zero-order valence-corrected chi connectivity index (χ0v) is 12.3. The Morgan fingerprint density at radius 3 is 2.43 bits per heavy atom. The number of imide groups is 1. The van der Waals surface area contributed by atoms with Crippen molar-refractivity contribution in [3.63, 3.8) is 0 Å². The van der Waals surface area contributed by atoms with Crippen LogP contribution in [-0.4, -0.2) is 23.4 Å². The first-order valence-electron chi connectivity index (χ1n) is 7.45. The Labute approximate surface area is 124 Å². The fraction of sp³-hybridized carbons (Fsp3) is 0.625. The van der Waals surface area contributed by atoms with Gasteiger partial charge in [-0.15, -0.1) is 0 Å². The van der Waals surface area contributed by atoms with Gasteiger partial charge in [0.05, 0.1) is 5.92 Å². The summed E-state index contributed by atoms with van der Waals surface area (Å²) in [5.74, 6) is -4.36. The van der Waals surface area contributed by atoms with E-state index in [1.54, 1.807) is 6.92 Å². The molecule has 21 heavy (non-hydrogen) atoms. The number of rotatable bonds is 2. The Morgan fingerprint density at radius 1 is 1.10 bits per heavy atom. The van der Waals surface area contributed by atoms with Crippen LogP contribution in [-0.2, 0) is 19.2 Å². The van der Waals surface area contributed by atoms with E-state index in [1.165, 1.54) is 0 Å². The van der Waals surface area contributed by atoms with Crippen LogP contribution in [0.1, 0.15) is 45.4 Å². The highest BCUT2D eigenvalue weighted by molar-refractivity contribution is 6.16. The smallest absolute Gasteiger partial charge is 0.260 e. The maximum absolute atomic E-state index is 12.3. The molecule has 0 aromatic carbocycles. The molecule has 1 saturated heterocycles. The number of Topliss-reactive ketones (excluding diaryl/α,β-unsaturated/α-hetero) is 2. The lowest BCUT2D eigenvalue weighted by Gasteiger charge is -2.25. The summed E-state index contributed by atoms with van der Waals surface area (Å²) in [6, 6.07) is 0. The molecule has 0 aromatic heterocycles. The maximum Gasteiger partial charge on any atom is 0.260 e. The van der Waals surface area contributed by atoms with Crippen molar-refractivity contribution >= 4 is 23.4 Å². The molecule has 2 fully saturated rings. The van der Waals surface area contributed by atoms with Crippen molar-refractivity contribution in [2.24, 2.45) is 17.8 Å². The van der Waals surface area contributed by atoms with Gasteiger partial charge in [0.1, 0.15) is 11.7 Å². The number of amides is 2. The number of allylic oxidation sites excluding steroid dienone is 1. The van der Waals surface area contributed by atoms with Crippen LogP contribution in [0.25, 0.3) is 0 Å². The molecule has 113 valence electrons. The minimum Gasteiger partial charge on any atom is -0.299 e. The SMILES string of the molecule is C=C(C)C(=O)C1CCCCCCC(=O)C2C(=O)[N]C(=O)C12. The lowest BCUT2D eigenvalue weighted by Crippen LogP contribution is -2.36. The van der Waals surface area contributed by atoms with Gasteiger partial charge in [-0.05, 0) is 25.3 Å². The second kappa shape index (κ2) is 6.33. The van der Waals surface area contributed by atoms with Crippen LogP contribution >= 0.6 is 0 Å². The predicted molar refractivity (Wildman–Crippen MR) is 75.1 cm³/mol. The summed E-state index contributed by atoms with van der Waals surface area (Å²) in [4.78, 5) is 48.5. The highest BCUT2D eigenvalue weighted by Gasteiger charge is 2.52. The molecule has 0 bridgehead atoms. The first-order chi connectivity index (χ1) is 9.93. The molecule has 2 rings (SSSR count). The summed E-state index contributed by atoms with van der Waals surface area (Å²) >= 11 is 0. The molecule has 1 aliphatic heterocycles. The first-order valence-corrected chi connectivity index (χ1v) is 7.45. The van der Waals surface area contributed by atoms with Gasteiger partial charge in [-0.25, -0.2) is 0 Å². The topological polar surface area (TPSA) is 82.4 Å². The van der Waals surface area contributed by atoms with Crippen LogP contribution in [0.2, 0.25) is 0 Å². The quantitative estimate of drug-likeness (QED) is 0.439. The summed E-state index contributed by atoms with van der Waals surface area (Å²) in [5, 5.41) is 3.44. The van der Waals surface area contributed by atoms with E-state index in [2.05, 4.69) is 11.9 Å². The molecule has 2 aliphatic rings. The second-order valence-corrected chi connectivity index (χ2v) is 5.96. The minimum atomic E-state index is -1.05. The lowest BCUT2D eigenvalue weighted by atomic mass is 9.74. The van der Waals surface area contributed by atoms with Gasteiger partial charge >= 0.3 is 0 Å². The third-order valence-corrected chi connectivity index (χ3v) is 4.36. The van der Waals surface area contributed by atoms with Crippen molar-refractivity contribution in [3.05, 3.63) is 12.2 Å². The standard InChI is InChI=1S/C16H20NO4/c1-9(2)14(19)10-7-5-3-4-6-8-11(18)13-12(10)15(20)17-16(13)21/h10,12-13H,1,3-8H2,2H3. The molecular weight excluding hydrogens is 270 g/mol. The Bertz CT molecular complexity index is 508. The highest BCUT2D eigenvalue weighted by Crippen LogP contribution is 2.35. The van der Waals surface area contributed by atoms with Crippen molar-refractivity contribution in [1.82, 2.24) is 5.32 Å². The Hall–Kier alpha value is -1.78. The molecule has 3 atom stereocenters. The fourth-order valence-electron chi connectivity index (χ4n) is 3.25. The van der Waals surface area contributed by atoms with E-state index in [9.17, 15) is 19.2 Å². The van der Waals surface area contributed by atoms with Gasteiger partial charge in [0.2, 0.25) is 0 Å². The number of carbonyl (C=O) groups excluding carboxylic acids is 4. The number of hydrogen-bond acceptors (Lipinski definition) is 4. The van der Waals surface area contributed by atoms with Gasteiger partial charge < -0.3 is 0 Å². The highest BCUT2D eigenvalue weighted by atomic mass is 16.2. The molecule has 0 N–H and O–H groups in total. The van der Waals surface area contributed by atoms with E-state index >= 15 is 0 Å². The van der Waals surface area contributed by atoms with Gasteiger partial charge in [0, 0.05) is 12.3 Å². The van der Waals surface area contributed by atoms with Gasteiger partial charge in [-0.3, -0.25) is 19.2 Å². The summed E-state index contributed by atoms with van der Waals surface area (Å²) in [6.45, 7) is 5.24. The molecule has 5 heteroatoms. The Morgan fingerprint density at radius 2 is 1.76 bits per heavy atom. The van der Waals surface area contributed by atoms with Crippen LogP contribution in [0.3, 0.4) is 0 Å². The van der Waals surface area contributed by atoms with E-state index in [0.29, 0.717) is 12.0 Å². The van der Waals surface area contributed by atoms with Gasteiger partial charge in [0.15, 0.2) is 5.78 Å². The minimum absolute atomic E-state index is 0.225. The van der Waals surface area contributed by atoms with E-state index in [4.69, 9.17) is 0 Å². The van der Waals surface area contributed by atoms with Gasteiger partial charge in [-0.1, -0.05) is 25.8 Å². The Balaban J connectivity index is 2.37. The zero-order chi connectivity index (χ0) is 15.6. The van der Waals surface area contributed by atoms with Crippen molar-refractivity contribution in [1.29, 1.82) is 0 Å². The van der Waals surface area contributed by atoms with E-state index < -0.39 is 29.6 Å². The maximum atomic E-state index is 12.3. The summed E-state index contributed by atoms with van der Waals surface area (Å²) in [7, 11) is 0. The summed E-state index contributed by atoms with van der Waals surface area (Å²) < 4.78 is 0. The largest absolute Gasteiger partial charge is 0.299 e. The van der Waals surface area contributed by atoms with E-state index in [0.717, 1.165) is 25.7 Å². The fourth-order valence-corrected chi connectivity index (χ4v) is 3.25. The van der Waals surface area contributed by atoms with Gasteiger partial charge in [0.25, 0.3) is 11.8 Å². The molecule has 1 heterocycles. The molecule has 1 radical (unpaired) electrons. The van der Waals surface area contributed by atoms with Crippen LogP contribution in [0.5, 0.6) is 0 Å². The number of hydrogen-bond donors (Lipinski definition) is 0. The normalized spacial score (nSPS) is 30.5. The Kier molecular flexibility index (Phi) is 4.70. The summed E-state index contributed by atoms with van der Waals surface area (Å²) in [5.41, 5.74) is 0.357. The zero-order valence-electron chi connectivity index (χ0n) is 12.3. The molecule has 0 aromatic rings. The molecule has 2 amide bonds. The average Bonchev–Trinajstić information content (AvgIpc) is 2.72. The van der Waals surface area contributed by atoms with Crippen LogP contribution in [0.15, 0.2) is 12.2 Å². The molecule has 5 nitrogen and oxygen atoms in total. The lowest BCUT2D eigenvalue weighted by molar-refractivity contribution is -0.136. The average molecular weight is 290 g/mol. The van der Waals surface area contributed by atoms with Crippen LogP contribution in [0.4, 0.5) is 0 Å². The molecule has 0 spiro atoms. The molecular formula is C16H20NO4. The molecule has 1 saturated carbocycles. The third-order valence-electron chi connectivity index (χ3n) is 4.36. The number of nitrogens with zero attached hydrogens (tertiary/aromatic N) is 1. The van der Waals surface area contributed by atoms with Crippen molar-refractivity contribution in [3.8, 4) is 0 Å². The number of ketones is 2. The predicted octanol–water partition coefficient (Wildman–Crippen LogP) is 1.57. The van der Waals surface area contributed by atoms with Crippen molar-refractivity contribution in [2.45, 2.75) is 45.4 Å². The third kappa shape index (κ3) is 3.12. The van der Waals surface area contributed by atoms with E-state index in [1.807, 2.05) is 0 Å². The number of fused-ring (bicyclic) bond motifs is 1. The van der Waals surface area contributed by atoms with E-state index in [-0.39, 0.29) is 18.0 Å². The van der Waals surface area contributed by atoms with Crippen molar-refractivity contribution in [2.75, 3.05) is 0 Å². The number of carbonyl (C=O) groups is 4. The van der Waals surface area contributed by atoms with Crippen molar-refractivity contribution < 1.29 is 19.2 Å². The van der Waals surface area contributed by atoms with Crippen LogP contribution in [0, 0.1) is 17.8 Å².